The first kappa shape index (κ1) is 10.6. The van der Waals surface area contributed by atoms with E-state index in [2.05, 4.69) is 13.8 Å². The highest BCUT2D eigenvalue weighted by molar-refractivity contribution is 6.21. The molecule has 0 aliphatic rings. The lowest BCUT2D eigenvalue weighted by Gasteiger charge is -2.27. The molecule has 0 amide bonds. The summed E-state index contributed by atoms with van der Waals surface area (Å²) < 4.78 is 0. The van der Waals surface area contributed by atoms with Crippen LogP contribution >= 0.6 is 23.2 Å². The largest absolute Gasteiger partial charge is 0.126 e. The van der Waals surface area contributed by atoms with Gasteiger partial charge in [-0.05, 0) is 18.3 Å². The molecule has 0 nitrogen and oxygen atoms in total. The quantitative estimate of drug-likeness (QED) is 0.570. The third-order valence-corrected chi connectivity index (χ3v) is 3.23. The summed E-state index contributed by atoms with van der Waals surface area (Å²) in [6.45, 7) is 4.32. The fourth-order valence-corrected chi connectivity index (χ4v) is 2.00. The monoisotopic (exact) mass is 182 g/mol. The summed E-state index contributed by atoms with van der Waals surface area (Å²) in [6, 6.07) is 0. The molecule has 62 valence electrons. The summed E-state index contributed by atoms with van der Waals surface area (Å²) in [5.74, 6) is 1.39. The smallest absolute Gasteiger partial charge is 0.0291 e. The van der Waals surface area contributed by atoms with Gasteiger partial charge in [0.25, 0.3) is 0 Å². The van der Waals surface area contributed by atoms with E-state index in [4.69, 9.17) is 23.2 Å². The van der Waals surface area contributed by atoms with Gasteiger partial charge in [-0.1, -0.05) is 20.3 Å². The van der Waals surface area contributed by atoms with Crippen molar-refractivity contribution in [1.82, 2.24) is 0 Å². The number of rotatable bonds is 5. The Morgan fingerprint density at radius 3 is 1.70 bits per heavy atom. The van der Waals surface area contributed by atoms with E-state index in [-0.39, 0.29) is 5.41 Å². The Hall–Kier alpha value is 0.580. The van der Waals surface area contributed by atoms with Crippen LogP contribution < -0.4 is 0 Å². The Morgan fingerprint density at radius 1 is 1.10 bits per heavy atom. The molecule has 0 saturated heterocycles. The average molecular weight is 183 g/mol. The van der Waals surface area contributed by atoms with Gasteiger partial charge in [-0.3, -0.25) is 0 Å². The van der Waals surface area contributed by atoms with Gasteiger partial charge >= 0.3 is 0 Å². The van der Waals surface area contributed by atoms with E-state index in [0.717, 1.165) is 12.8 Å². The topological polar surface area (TPSA) is 0 Å². The molecule has 0 saturated carbocycles. The van der Waals surface area contributed by atoms with Crippen molar-refractivity contribution in [3.63, 3.8) is 0 Å². The van der Waals surface area contributed by atoms with E-state index in [1.807, 2.05) is 0 Å². The summed E-state index contributed by atoms with van der Waals surface area (Å²) in [7, 11) is 0. The van der Waals surface area contributed by atoms with Crippen LogP contribution in [0.4, 0.5) is 0 Å². The van der Waals surface area contributed by atoms with Crippen LogP contribution in [0.1, 0.15) is 33.1 Å². The Morgan fingerprint density at radius 2 is 1.60 bits per heavy atom. The van der Waals surface area contributed by atoms with Gasteiger partial charge in [-0.25, -0.2) is 0 Å². The lowest BCUT2D eigenvalue weighted by molar-refractivity contribution is 0.330. The molecule has 0 aliphatic carbocycles. The minimum Gasteiger partial charge on any atom is -0.126 e. The minimum atomic E-state index is 0.206. The lowest BCUT2D eigenvalue weighted by atomic mass is 9.85. The molecule has 0 spiro atoms. The van der Waals surface area contributed by atoms with E-state index in [9.17, 15) is 0 Å². The van der Waals surface area contributed by atoms with Gasteiger partial charge in [0.2, 0.25) is 0 Å². The molecule has 0 unspecified atom stereocenters. The van der Waals surface area contributed by atoms with Gasteiger partial charge in [0.05, 0.1) is 0 Å². The normalized spacial score (nSPS) is 12.0. The molecule has 0 heterocycles. The molecule has 0 rings (SSSR count). The number of halogens is 2. The van der Waals surface area contributed by atoms with Crippen molar-refractivity contribution in [3.8, 4) is 0 Å². The zero-order valence-corrected chi connectivity index (χ0v) is 8.30. The first-order valence-electron chi connectivity index (χ1n) is 3.86. The van der Waals surface area contributed by atoms with Crippen LogP contribution in [0.2, 0.25) is 0 Å². The SMILES string of the molecule is CCCC(CC)(CCl)CCl. The maximum atomic E-state index is 5.82. The molecule has 0 aromatic carbocycles. The Kier molecular flexibility index (Phi) is 5.56. The second kappa shape index (κ2) is 5.26. The van der Waals surface area contributed by atoms with E-state index < -0.39 is 0 Å². The van der Waals surface area contributed by atoms with Crippen molar-refractivity contribution in [2.45, 2.75) is 33.1 Å². The summed E-state index contributed by atoms with van der Waals surface area (Å²) in [6.07, 6.45) is 3.41. The highest BCUT2D eigenvalue weighted by Gasteiger charge is 2.24. The van der Waals surface area contributed by atoms with Crippen LogP contribution in [-0.2, 0) is 0 Å². The molecule has 0 radical (unpaired) electrons. The highest BCUT2D eigenvalue weighted by Crippen LogP contribution is 2.30. The minimum absolute atomic E-state index is 0.206. The first-order valence-corrected chi connectivity index (χ1v) is 4.93. The second-order valence-corrected chi connectivity index (χ2v) is 3.41. The van der Waals surface area contributed by atoms with Crippen molar-refractivity contribution in [2.24, 2.45) is 5.41 Å². The van der Waals surface area contributed by atoms with E-state index in [0.29, 0.717) is 11.8 Å². The van der Waals surface area contributed by atoms with E-state index >= 15 is 0 Å². The zero-order chi connectivity index (χ0) is 8.04. The second-order valence-electron chi connectivity index (χ2n) is 2.87. The summed E-state index contributed by atoms with van der Waals surface area (Å²) in [5.41, 5.74) is 0.206. The maximum Gasteiger partial charge on any atom is 0.0291 e. The molecular weight excluding hydrogens is 167 g/mol. The van der Waals surface area contributed by atoms with Crippen LogP contribution in [0.25, 0.3) is 0 Å². The molecule has 0 atom stereocenters. The van der Waals surface area contributed by atoms with Gasteiger partial charge < -0.3 is 0 Å². The van der Waals surface area contributed by atoms with Crippen LogP contribution in [0.15, 0.2) is 0 Å². The predicted octanol–water partition coefficient (Wildman–Crippen LogP) is 3.66. The third-order valence-electron chi connectivity index (χ3n) is 2.10. The first-order chi connectivity index (χ1) is 4.74. The average Bonchev–Trinajstić information content (AvgIpc) is 2.01. The van der Waals surface area contributed by atoms with Crippen LogP contribution in [0.3, 0.4) is 0 Å². The molecule has 0 aromatic rings. The highest BCUT2D eigenvalue weighted by atomic mass is 35.5. The third kappa shape index (κ3) is 2.67. The standard InChI is InChI=1S/C8H16Cl2/c1-3-5-8(4-2,6-9)7-10/h3-7H2,1-2H3. The molecule has 0 N–H and O–H groups in total. The van der Waals surface area contributed by atoms with Crippen LogP contribution in [0.5, 0.6) is 0 Å². The van der Waals surface area contributed by atoms with Crippen molar-refractivity contribution < 1.29 is 0 Å². The van der Waals surface area contributed by atoms with Gasteiger partial charge in [-0.2, -0.15) is 0 Å². The molecular formula is C8H16Cl2. The van der Waals surface area contributed by atoms with E-state index in [1.54, 1.807) is 0 Å². The summed E-state index contributed by atoms with van der Waals surface area (Å²) in [4.78, 5) is 0. The van der Waals surface area contributed by atoms with Gasteiger partial charge in [-0.15, -0.1) is 23.2 Å². The number of alkyl halides is 2. The lowest BCUT2D eigenvalue weighted by Crippen LogP contribution is -2.23. The Bertz CT molecular complexity index is 69.1. The molecule has 2 heteroatoms. The molecule has 0 bridgehead atoms. The van der Waals surface area contributed by atoms with Crippen molar-refractivity contribution in [2.75, 3.05) is 11.8 Å². The predicted molar refractivity (Wildman–Crippen MR) is 49.1 cm³/mol. The van der Waals surface area contributed by atoms with Crippen LogP contribution in [-0.4, -0.2) is 11.8 Å². The number of hydrogen-bond donors (Lipinski definition) is 0. The number of hydrogen-bond acceptors (Lipinski definition) is 0. The molecule has 0 fully saturated rings. The summed E-state index contributed by atoms with van der Waals surface area (Å²) in [5, 5.41) is 0. The zero-order valence-electron chi connectivity index (χ0n) is 6.79. The molecule has 10 heavy (non-hydrogen) atoms. The maximum absolute atomic E-state index is 5.82. The Balaban J connectivity index is 3.87. The molecule has 0 aromatic heterocycles. The Labute approximate surface area is 73.9 Å². The fraction of sp³-hybridized carbons (Fsp3) is 1.00. The van der Waals surface area contributed by atoms with Crippen molar-refractivity contribution in [1.29, 1.82) is 0 Å². The van der Waals surface area contributed by atoms with Crippen LogP contribution in [0, 0.1) is 5.41 Å². The summed E-state index contributed by atoms with van der Waals surface area (Å²) >= 11 is 11.6. The molecule has 0 aliphatic heterocycles. The van der Waals surface area contributed by atoms with Gasteiger partial charge in [0, 0.05) is 11.8 Å². The van der Waals surface area contributed by atoms with Crippen molar-refractivity contribution >= 4 is 23.2 Å². The van der Waals surface area contributed by atoms with E-state index in [1.165, 1.54) is 6.42 Å². The van der Waals surface area contributed by atoms with Gasteiger partial charge in [0.1, 0.15) is 0 Å². The fourth-order valence-electron chi connectivity index (χ4n) is 1.07. The van der Waals surface area contributed by atoms with Gasteiger partial charge in [0.15, 0.2) is 0 Å². The van der Waals surface area contributed by atoms with Crippen molar-refractivity contribution in [3.05, 3.63) is 0 Å².